The maximum atomic E-state index is 13.5. The largest absolute Gasteiger partial charge is 0.462 e. The number of hydrogen-bond donors (Lipinski definition) is 0. The van der Waals surface area contributed by atoms with E-state index in [1.54, 1.807) is 0 Å². The number of amides is 1. The highest BCUT2D eigenvalue weighted by Gasteiger charge is 2.68. The van der Waals surface area contributed by atoms with E-state index in [2.05, 4.69) is 96.1 Å². The summed E-state index contributed by atoms with van der Waals surface area (Å²) >= 11 is 0. The molecule has 9 rings (SSSR count). The van der Waals surface area contributed by atoms with Crippen LogP contribution in [-0.2, 0) is 36.9 Å². The molecular weight excluding hydrogens is 721 g/mol. The van der Waals surface area contributed by atoms with Crippen LogP contribution in [0, 0.1) is 60.2 Å². The SMILES string of the molecule is Cc1ccc(C[N+]2(Cc3ccc(C)cc3)CCN(C(=O)CCC(=O)O[C@H]3CC[C@@]4(C)C(=CC[C@H]5[C@@H]6C[C@@H]7O[C@]8(CC[C@@H](C)CO8)[C@@H](C)[C@@H]7[C@@]6(C)CC[C@@H]54)C3)CC2)cc1. The average Bonchev–Trinajstić information content (AvgIpc) is 3.66. The van der Waals surface area contributed by atoms with Crippen LogP contribution in [0.25, 0.3) is 0 Å². The van der Waals surface area contributed by atoms with Gasteiger partial charge in [0.05, 0.1) is 45.3 Å². The molecule has 3 aliphatic heterocycles. The summed E-state index contributed by atoms with van der Waals surface area (Å²) in [5.41, 5.74) is 7.24. The third-order valence-corrected chi connectivity index (χ3v) is 17.5. The number of rotatable bonds is 8. The fourth-order valence-electron chi connectivity index (χ4n) is 14.0. The highest BCUT2D eigenvalue weighted by atomic mass is 16.7. The number of piperazine rings is 1. The number of fused-ring (bicyclic) bond motifs is 7. The molecule has 0 bridgehead atoms. The van der Waals surface area contributed by atoms with Gasteiger partial charge >= 0.3 is 5.97 Å². The zero-order chi connectivity index (χ0) is 40.5. The summed E-state index contributed by atoms with van der Waals surface area (Å²) in [6.07, 6.45) is 13.2. The standard InChI is InChI=1S/C51H71N2O5/c1-34-7-11-38(12-8-34)31-53(32-39-13-9-35(2)10-14-39)27-25-52(26-28-53)46(54)17-18-47(55)57-41-20-22-49(5)40(29-41)15-16-42-43(49)21-23-50(6)44(42)30-45-48(50)37(4)51(58-45)24-19-36(3)33-56-51/h7-15,36-37,41-45,48H,16-33H2,1-6H3/q+1/t36-,37+,41+,42-,43+,44+,45+,48+,49+,50+,51-/m1/s1. The second-order valence-corrected chi connectivity index (χ2v) is 21.1. The van der Waals surface area contributed by atoms with Gasteiger partial charge in [-0.2, -0.15) is 0 Å². The number of hydrogen-bond acceptors (Lipinski definition) is 5. The number of ether oxygens (including phenoxy) is 3. The van der Waals surface area contributed by atoms with E-state index in [0.717, 1.165) is 69.4 Å². The number of esters is 1. The van der Waals surface area contributed by atoms with E-state index in [-0.39, 0.29) is 42.0 Å². The fourth-order valence-corrected chi connectivity index (χ4v) is 14.0. The van der Waals surface area contributed by atoms with E-state index in [9.17, 15) is 9.59 Å². The third-order valence-electron chi connectivity index (χ3n) is 17.5. The van der Waals surface area contributed by atoms with E-state index in [1.165, 1.54) is 53.5 Å². The predicted octanol–water partition coefficient (Wildman–Crippen LogP) is 9.72. The first-order chi connectivity index (χ1) is 27.8. The smallest absolute Gasteiger partial charge is 0.306 e. The highest BCUT2D eigenvalue weighted by molar-refractivity contribution is 5.81. The summed E-state index contributed by atoms with van der Waals surface area (Å²) in [4.78, 5) is 28.8. The van der Waals surface area contributed by atoms with Crippen molar-refractivity contribution in [3.8, 4) is 0 Å². The van der Waals surface area contributed by atoms with Gasteiger partial charge in [0.1, 0.15) is 19.2 Å². The molecule has 1 spiro atoms. The summed E-state index contributed by atoms with van der Waals surface area (Å²) < 4.78 is 20.7. The molecule has 7 nitrogen and oxygen atoms in total. The number of allylic oxidation sites excluding steroid dienone is 1. The van der Waals surface area contributed by atoms with Gasteiger partial charge < -0.3 is 23.6 Å². The number of quaternary nitrogens is 1. The molecule has 2 aromatic carbocycles. The van der Waals surface area contributed by atoms with Crippen LogP contribution in [0.15, 0.2) is 60.2 Å². The number of aryl methyl sites for hydroxylation is 2. The molecule has 0 radical (unpaired) electrons. The van der Waals surface area contributed by atoms with Crippen molar-refractivity contribution in [2.75, 3.05) is 32.8 Å². The Bertz CT molecular complexity index is 1810. The van der Waals surface area contributed by atoms with Crippen molar-refractivity contribution in [2.45, 2.75) is 143 Å². The van der Waals surface area contributed by atoms with Crippen LogP contribution in [0.1, 0.15) is 121 Å². The number of nitrogens with zero attached hydrogens (tertiary/aromatic N) is 2. The molecule has 0 aromatic heterocycles. The molecule has 11 atom stereocenters. The van der Waals surface area contributed by atoms with Gasteiger partial charge in [0, 0.05) is 36.3 Å². The van der Waals surface area contributed by atoms with Gasteiger partial charge in [0.15, 0.2) is 5.79 Å². The lowest BCUT2D eigenvalue weighted by Gasteiger charge is -2.58. The molecule has 4 aliphatic carbocycles. The van der Waals surface area contributed by atoms with Crippen molar-refractivity contribution in [1.29, 1.82) is 0 Å². The third kappa shape index (κ3) is 7.31. The van der Waals surface area contributed by atoms with Gasteiger partial charge in [-0.05, 0) is 99.2 Å². The van der Waals surface area contributed by atoms with E-state index < -0.39 is 0 Å². The van der Waals surface area contributed by atoms with Crippen LogP contribution < -0.4 is 0 Å². The highest BCUT2D eigenvalue weighted by Crippen LogP contribution is 2.70. The van der Waals surface area contributed by atoms with Gasteiger partial charge in [0.25, 0.3) is 0 Å². The Kier molecular flexibility index (Phi) is 10.8. The summed E-state index contributed by atoms with van der Waals surface area (Å²) in [7, 11) is 0. The lowest BCUT2D eigenvalue weighted by Crippen LogP contribution is -2.59. The minimum absolute atomic E-state index is 0.0776. The Morgan fingerprint density at radius 3 is 2.16 bits per heavy atom. The second-order valence-electron chi connectivity index (χ2n) is 21.1. The fraction of sp³-hybridized carbons (Fsp3) is 0.686. The number of benzene rings is 2. The molecule has 58 heavy (non-hydrogen) atoms. The van der Waals surface area contributed by atoms with E-state index in [1.807, 2.05) is 4.90 Å². The molecule has 0 unspecified atom stereocenters. The molecular formula is C51H71N2O5+. The zero-order valence-corrected chi connectivity index (χ0v) is 36.5. The van der Waals surface area contributed by atoms with Crippen molar-refractivity contribution in [3.63, 3.8) is 0 Å². The summed E-state index contributed by atoms with van der Waals surface area (Å²) in [6.45, 7) is 20.1. The van der Waals surface area contributed by atoms with E-state index in [0.29, 0.717) is 60.1 Å². The first-order valence-corrected chi connectivity index (χ1v) is 23.2. The summed E-state index contributed by atoms with van der Waals surface area (Å²) in [6, 6.07) is 17.8. The van der Waals surface area contributed by atoms with Crippen molar-refractivity contribution >= 4 is 11.9 Å². The minimum atomic E-state index is -0.356. The molecule has 314 valence electrons. The Morgan fingerprint density at radius 1 is 0.845 bits per heavy atom. The van der Waals surface area contributed by atoms with E-state index in [4.69, 9.17) is 14.2 Å². The number of carbonyl (C=O) groups excluding carboxylic acids is 2. The van der Waals surface area contributed by atoms with Crippen molar-refractivity contribution < 1.29 is 28.3 Å². The zero-order valence-electron chi connectivity index (χ0n) is 36.5. The van der Waals surface area contributed by atoms with Gasteiger partial charge in [-0.1, -0.05) is 99.0 Å². The lowest BCUT2D eigenvalue weighted by molar-refractivity contribution is -0.956. The normalized spacial score (nSPS) is 38.9. The van der Waals surface area contributed by atoms with Gasteiger partial charge in [-0.25, -0.2) is 0 Å². The first kappa shape index (κ1) is 40.4. The van der Waals surface area contributed by atoms with Gasteiger partial charge in [-0.15, -0.1) is 0 Å². The predicted molar refractivity (Wildman–Crippen MR) is 227 cm³/mol. The van der Waals surface area contributed by atoms with Crippen LogP contribution >= 0.6 is 0 Å². The van der Waals surface area contributed by atoms with Gasteiger partial charge in [0.2, 0.25) is 5.91 Å². The summed E-state index contributed by atoms with van der Waals surface area (Å²) in [5, 5.41) is 0. The molecule has 2 aromatic rings. The Hall–Kier alpha value is -3.00. The summed E-state index contributed by atoms with van der Waals surface area (Å²) in [5.74, 6) is 3.25. The van der Waals surface area contributed by atoms with Crippen molar-refractivity contribution in [3.05, 3.63) is 82.4 Å². The lowest BCUT2D eigenvalue weighted by atomic mass is 9.47. The molecule has 3 saturated carbocycles. The van der Waals surface area contributed by atoms with Crippen LogP contribution in [0.3, 0.4) is 0 Å². The number of carbonyl (C=O) groups is 2. The van der Waals surface area contributed by atoms with Gasteiger partial charge in [-0.3, -0.25) is 9.59 Å². The Morgan fingerprint density at radius 2 is 1.52 bits per heavy atom. The van der Waals surface area contributed by atoms with E-state index >= 15 is 0 Å². The molecule has 1 amide bonds. The van der Waals surface area contributed by atoms with Crippen LogP contribution in [0.2, 0.25) is 0 Å². The molecule has 7 aliphatic rings. The monoisotopic (exact) mass is 792 g/mol. The maximum Gasteiger partial charge on any atom is 0.306 e. The maximum absolute atomic E-state index is 13.5. The molecule has 6 fully saturated rings. The quantitative estimate of drug-likeness (QED) is 0.151. The van der Waals surface area contributed by atoms with Crippen molar-refractivity contribution in [1.82, 2.24) is 4.90 Å². The Labute approximate surface area is 348 Å². The second kappa shape index (κ2) is 15.5. The van der Waals surface area contributed by atoms with Crippen LogP contribution in [0.4, 0.5) is 0 Å². The van der Waals surface area contributed by atoms with Crippen LogP contribution in [-0.4, -0.2) is 72.0 Å². The molecule has 3 saturated heterocycles. The topological polar surface area (TPSA) is 65.1 Å². The average molecular weight is 792 g/mol. The van der Waals surface area contributed by atoms with Crippen LogP contribution in [0.5, 0.6) is 0 Å². The first-order valence-electron chi connectivity index (χ1n) is 23.2. The molecule has 7 heteroatoms. The Balaban J connectivity index is 0.773. The van der Waals surface area contributed by atoms with Crippen molar-refractivity contribution in [2.24, 2.45) is 46.3 Å². The molecule has 3 heterocycles. The molecule has 0 N–H and O–H groups in total. The minimum Gasteiger partial charge on any atom is -0.462 e.